The van der Waals surface area contributed by atoms with Crippen LogP contribution in [0.15, 0.2) is 30.3 Å². The van der Waals surface area contributed by atoms with Gasteiger partial charge in [-0.15, -0.1) is 0 Å². The molecule has 3 amide bonds. The quantitative estimate of drug-likeness (QED) is 0.518. The van der Waals surface area contributed by atoms with E-state index in [0.717, 1.165) is 5.56 Å². The molecule has 1 unspecified atom stereocenters. The van der Waals surface area contributed by atoms with E-state index in [2.05, 4.69) is 15.1 Å². The third-order valence-corrected chi connectivity index (χ3v) is 6.90. The number of hydrogen-bond acceptors (Lipinski definition) is 6. The highest BCUT2D eigenvalue weighted by atomic mass is 19.1. The van der Waals surface area contributed by atoms with Crippen LogP contribution in [0.1, 0.15) is 34.3 Å². The molecule has 2 aromatic carbocycles. The molecule has 2 fully saturated rings. The zero-order valence-corrected chi connectivity index (χ0v) is 19.0. The summed E-state index contributed by atoms with van der Waals surface area (Å²) in [5, 5.41) is 12.5. The van der Waals surface area contributed by atoms with Crippen molar-refractivity contribution >= 4 is 29.1 Å². The molecule has 10 heteroatoms. The SMILES string of the molecule is [C-]#[N+]c1ccc(CN2CCN(c3cc(F)cc4c3CN(C3CCC(=O)NC3=O)C4=O)CC2)c(O)c1. The van der Waals surface area contributed by atoms with E-state index in [1.54, 1.807) is 12.1 Å². The van der Waals surface area contributed by atoms with Crippen LogP contribution < -0.4 is 10.2 Å². The van der Waals surface area contributed by atoms with E-state index in [1.165, 1.54) is 23.1 Å². The number of nitrogens with zero attached hydrogens (tertiary/aromatic N) is 4. The van der Waals surface area contributed by atoms with Crippen LogP contribution in [-0.2, 0) is 22.7 Å². The first kappa shape index (κ1) is 22.8. The molecule has 3 heterocycles. The van der Waals surface area contributed by atoms with E-state index in [0.29, 0.717) is 49.7 Å². The fourth-order valence-corrected chi connectivity index (χ4v) is 5.03. The number of halogens is 1. The summed E-state index contributed by atoms with van der Waals surface area (Å²) in [5.41, 5.74) is 2.73. The number of imide groups is 1. The van der Waals surface area contributed by atoms with Crippen molar-refractivity contribution < 1.29 is 23.9 Å². The molecule has 9 nitrogen and oxygen atoms in total. The highest BCUT2D eigenvalue weighted by Crippen LogP contribution is 2.36. The summed E-state index contributed by atoms with van der Waals surface area (Å²) in [7, 11) is 0. The minimum absolute atomic E-state index is 0.0935. The Balaban J connectivity index is 1.30. The predicted molar refractivity (Wildman–Crippen MR) is 124 cm³/mol. The van der Waals surface area contributed by atoms with Crippen molar-refractivity contribution in [3.63, 3.8) is 0 Å². The smallest absolute Gasteiger partial charge is 0.255 e. The minimum atomic E-state index is -0.748. The van der Waals surface area contributed by atoms with E-state index >= 15 is 0 Å². The van der Waals surface area contributed by atoms with Gasteiger partial charge in [0.05, 0.1) is 6.57 Å². The zero-order valence-electron chi connectivity index (χ0n) is 19.0. The van der Waals surface area contributed by atoms with Gasteiger partial charge in [0, 0.05) is 68.1 Å². The normalized spacial score (nSPS) is 20.6. The number of nitrogens with one attached hydrogen (secondary N) is 1. The first-order valence-electron chi connectivity index (χ1n) is 11.5. The second kappa shape index (κ2) is 9.00. The molecule has 2 aromatic rings. The van der Waals surface area contributed by atoms with Gasteiger partial charge in [0.2, 0.25) is 11.8 Å². The Hall–Kier alpha value is -3.97. The van der Waals surface area contributed by atoms with Gasteiger partial charge in [0.25, 0.3) is 5.91 Å². The summed E-state index contributed by atoms with van der Waals surface area (Å²) in [5.74, 6) is -1.66. The Morgan fingerprint density at radius 1 is 1.11 bits per heavy atom. The predicted octanol–water partition coefficient (Wildman–Crippen LogP) is 2.17. The fourth-order valence-electron chi connectivity index (χ4n) is 5.03. The zero-order chi connectivity index (χ0) is 24.7. The molecule has 0 aliphatic carbocycles. The molecular weight excluding hydrogens is 453 g/mol. The molecule has 2 N–H and O–H groups in total. The number of aromatic hydroxyl groups is 1. The van der Waals surface area contributed by atoms with Crippen molar-refractivity contribution in [2.75, 3.05) is 31.1 Å². The molecule has 0 spiro atoms. The van der Waals surface area contributed by atoms with Crippen LogP contribution in [0.5, 0.6) is 5.75 Å². The third-order valence-electron chi connectivity index (χ3n) is 6.90. The molecule has 0 radical (unpaired) electrons. The van der Waals surface area contributed by atoms with E-state index in [1.807, 2.05) is 4.90 Å². The van der Waals surface area contributed by atoms with Crippen LogP contribution >= 0.6 is 0 Å². The summed E-state index contributed by atoms with van der Waals surface area (Å²) >= 11 is 0. The number of carbonyl (C=O) groups excluding carboxylic acids is 3. The summed E-state index contributed by atoms with van der Waals surface area (Å²) < 4.78 is 14.5. The molecule has 35 heavy (non-hydrogen) atoms. The molecule has 3 aliphatic heterocycles. The molecular formula is C25H24FN5O4. The van der Waals surface area contributed by atoms with Crippen molar-refractivity contribution in [1.29, 1.82) is 0 Å². The number of benzene rings is 2. The Bertz CT molecular complexity index is 1270. The van der Waals surface area contributed by atoms with E-state index in [4.69, 9.17) is 6.57 Å². The van der Waals surface area contributed by atoms with Crippen molar-refractivity contribution in [3.05, 3.63) is 64.3 Å². The van der Waals surface area contributed by atoms with E-state index in [-0.39, 0.29) is 36.6 Å². The van der Waals surface area contributed by atoms with Crippen LogP contribution in [0.4, 0.5) is 15.8 Å². The standard InChI is InChI=1S/C25H24FN5O4/c1-27-17-3-2-15(22(32)12-17)13-29-6-8-30(9-7-29)21-11-16(26)10-18-19(21)14-31(25(18)35)20-4-5-23(33)28-24(20)34/h2-3,10-12,20,32H,4-9,13-14H2,(H,28,33,34). The van der Waals surface area contributed by atoms with Gasteiger partial charge in [0.1, 0.15) is 17.6 Å². The number of phenols is 1. The average molecular weight is 477 g/mol. The number of anilines is 1. The fraction of sp³-hybridized carbons (Fsp3) is 0.360. The largest absolute Gasteiger partial charge is 0.509 e. The Kier molecular flexibility index (Phi) is 5.86. The monoisotopic (exact) mass is 477 g/mol. The number of rotatable bonds is 4. The van der Waals surface area contributed by atoms with Gasteiger partial charge in [-0.25, -0.2) is 9.24 Å². The van der Waals surface area contributed by atoms with Crippen LogP contribution in [0.25, 0.3) is 4.85 Å². The van der Waals surface area contributed by atoms with Crippen LogP contribution in [-0.4, -0.2) is 64.8 Å². The Morgan fingerprint density at radius 2 is 1.89 bits per heavy atom. The molecule has 0 aromatic heterocycles. The number of phenolic OH excluding ortho intramolecular Hbond substituents is 1. The van der Waals surface area contributed by atoms with Crippen molar-refractivity contribution in [3.8, 4) is 5.75 Å². The topological polar surface area (TPSA) is 97.5 Å². The van der Waals surface area contributed by atoms with E-state index in [9.17, 15) is 23.9 Å². The van der Waals surface area contributed by atoms with Gasteiger partial charge >= 0.3 is 0 Å². The molecule has 2 saturated heterocycles. The summed E-state index contributed by atoms with van der Waals surface area (Å²) in [6.07, 6.45) is 0.417. The molecule has 0 bridgehead atoms. The maximum Gasteiger partial charge on any atom is 0.255 e. The van der Waals surface area contributed by atoms with Gasteiger partial charge in [0.15, 0.2) is 5.69 Å². The molecule has 3 aliphatic rings. The second-order valence-corrected chi connectivity index (χ2v) is 9.04. The Labute approximate surface area is 201 Å². The lowest BCUT2D eigenvalue weighted by Gasteiger charge is -2.37. The lowest BCUT2D eigenvalue weighted by atomic mass is 10.0. The lowest BCUT2D eigenvalue weighted by Crippen LogP contribution is -2.52. The van der Waals surface area contributed by atoms with Crippen LogP contribution in [0.3, 0.4) is 0 Å². The molecule has 180 valence electrons. The highest BCUT2D eigenvalue weighted by Gasteiger charge is 2.41. The van der Waals surface area contributed by atoms with E-state index < -0.39 is 23.7 Å². The van der Waals surface area contributed by atoms with Crippen molar-refractivity contribution in [2.24, 2.45) is 0 Å². The van der Waals surface area contributed by atoms with Gasteiger partial charge in [-0.3, -0.25) is 24.6 Å². The number of hydrogen-bond donors (Lipinski definition) is 2. The molecule has 1 atom stereocenters. The molecule has 5 rings (SSSR count). The van der Waals surface area contributed by atoms with Crippen LogP contribution in [0.2, 0.25) is 0 Å². The van der Waals surface area contributed by atoms with Crippen molar-refractivity contribution in [1.82, 2.24) is 15.1 Å². The van der Waals surface area contributed by atoms with Gasteiger partial charge in [-0.1, -0.05) is 12.1 Å². The highest BCUT2D eigenvalue weighted by molar-refractivity contribution is 6.06. The maximum absolute atomic E-state index is 14.5. The average Bonchev–Trinajstić information content (AvgIpc) is 3.16. The summed E-state index contributed by atoms with van der Waals surface area (Å²) in [6, 6.07) is 6.80. The number of fused-ring (bicyclic) bond motifs is 1. The summed E-state index contributed by atoms with van der Waals surface area (Å²) in [4.78, 5) is 45.9. The second-order valence-electron chi connectivity index (χ2n) is 9.04. The third kappa shape index (κ3) is 4.31. The number of carbonyl (C=O) groups is 3. The molecule has 0 saturated carbocycles. The van der Waals surface area contributed by atoms with Crippen LogP contribution in [0, 0.1) is 12.4 Å². The number of piperazine rings is 1. The number of amides is 3. The Morgan fingerprint density at radius 3 is 2.57 bits per heavy atom. The number of piperidine rings is 1. The van der Waals surface area contributed by atoms with Gasteiger partial charge < -0.3 is 14.9 Å². The van der Waals surface area contributed by atoms with Gasteiger partial charge in [-0.05, 0) is 24.6 Å². The minimum Gasteiger partial charge on any atom is -0.509 e. The van der Waals surface area contributed by atoms with Crippen molar-refractivity contribution in [2.45, 2.75) is 32.0 Å². The lowest BCUT2D eigenvalue weighted by molar-refractivity contribution is -0.136. The summed E-state index contributed by atoms with van der Waals surface area (Å²) in [6.45, 7) is 10.3. The first-order chi connectivity index (χ1) is 16.8. The maximum atomic E-state index is 14.5. The van der Waals surface area contributed by atoms with Gasteiger partial charge in [-0.2, -0.15) is 0 Å². The first-order valence-corrected chi connectivity index (χ1v) is 11.5.